The van der Waals surface area contributed by atoms with Crippen LogP contribution in [0.15, 0.2) is 24.3 Å². The van der Waals surface area contributed by atoms with Crippen molar-refractivity contribution in [2.24, 2.45) is 5.92 Å². The van der Waals surface area contributed by atoms with Crippen molar-refractivity contribution in [2.75, 3.05) is 13.7 Å². The molecule has 0 aromatic heterocycles. The first-order chi connectivity index (χ1) is 10.5. The molecule has 2 amide bonds. The molecule has 1 atom stereocenters. The predicted molar refractivity (Wildman–Crippen MR) is 87.0 cm³/mol. The van der Waals surface area contributed by atoms with Gasteiger partial charge in [-0.25, -0.2) is 0 Å². The third-order valence-corrected chi connectivity index (χ3v) is 3.42. The van der Waals surface area contributed by atoms with Crippen molar-refractivity contribution < 1.29 is 14.3 Å². The largest absolute Gasteiger partial charge is 0.497 e. The SMILES string of the molecule is CCCCNC(=O)C(NC(=O)c1ccc(OC)cc1)C(C)C. The van der Waals surface area contributed by atoms with Gasteiger partial charge < -0.3 is 15.4 Å². The standard InChI is InChI=1S/C17H26N2O3/c1-5-6-11-18-17(21)15(12(2)3)19-16(20)13-7-9-14(22-4)10-8-13/h7-10,12,15H,5-6,11H2,1-4H3,(H,18,21)(H,19,20). The first kappa shape index (κ1) is 18.0. The van der Waals surface area contributed by atoms with Crippen LogP contribution in [0.3, 0.4) is 0 Å². The van der Waals surface area contributed by atoms with Crippen LogP contribution < -0.4 is 15.4 Å². The zero-order valence-corrected chi connectivity index (χ0v) is 13.8. The first-order valence-corrected chi connectivity index (χ1v) is 7.72. The Balaban J connectivity index is 2.68. The molecule has 0 saturated carbocycles. The molecule has 1 unspecified atom stereocenters. The van der Waals surface area contributed by atoms with E-state index in [0.717, 1.165) is 12.8 Å². The number of amides is 2. The number of hydrogen-bond acceptors (Lipinski definition) is 3. The molecule has 0 fully saturated rings. The molecule has 22 heavy (non-hydrogen) atoms. The lowest BCUT2D eigenvalue weighted by atomic mass is 10.0. The summed E-state index contributed by atoms with van der Waals surface area (Å²) in [5.74, 6) is 0.315. The Morgan fingerprint density at radius 3 is 2.32 bits per heavy atom. The van der Waals surface area contributed by atoms with Crippen LogP contribution in [0, 0.1) is 5.92 Å². The van der Waals surface area contributed by atoms with Crippen LogP contribution in [0.2, 0.25) is 0 Å². The van der Waals surface area contributed by atoms with Gasteiger partial charge in [-0.3, -0.25) is 9.59 Å². The van der Waals surface area contributed by atoms with Gasteiger partial charge >= 0.3 is 0 Å². The lowest BCUT2D eigenvalue weighted by Crippen LogP contribution is -2.49. The van der Waals surface area contributed by atoms with E-state index < -0.39 is 6.04 Å². The summed E-state index contributed by atoms with van der Waals surface area (Å²) in [6, 6.07) is 6.27. The number of nitrogens with one attached hydrogen (secondary N) is 2. The van der Waals surface area contributed by atoms with Crippen molar-refractivity contribution in [3.05, 3.63) is 29.8 Å². The molecule has 1 rings (SSSR count). The number of ether oxygens (including phenoxy) is 1. The number of carbonyl (C=O) groups excluding carboxylic acids is 2. The molecule has 0 bridgehead atoms. The van der Waals surface area contributed by atoms with Crippen molar-refractivity contribution in [1.82, 2.24) is 10.6 Å². The van der Waals surface area contributed by atoms with E-state index in [2.05, 4.69) is 17.6 Å². The third-order valence-electron chi connectivity index (χ3n) is 3.42. The summed E-state index contributed by atoms with van der Waals surface area (Å²) in [5.41, 5.74) is 0.507. The topological polar surface area (TPSA) is 67.4 Å². The smallest absolute Gasteiger partial charge is 0.251 e. The summed E-state index contributed by atoms with van der Waals surface area (Å²) in [4.78, 5) is 24.4. The summed E-state index contributed by atoms with van der Waals surface area (Å²) < 4.78 is 5.07. The molecule has 2 N–H and O–H groups in total. The van der Waals surface area contributed by atoms with E-state index in [1.54, 1.807) is 31.4 Å². The summed E-state index contributed by atoms with van der Waals surface area (Å²) in [5, 5.41) is 5.67. The fourth-order valence-corrected chi connectivity index (χ4v) is 2.00. The number of unbranched alkanes of at least 4 members (excludes halogenated alkanes) is 1. The van der Waals surface area contributed by atoms with E-state index in [9.17, 15) is 9.59 Å². The monoisotopic (exact) mass is 306 g/mol. The summed E-state index contributed by atoms with van der Waals surface area (Å²) in [7, 11) is 1.57. The van der Waals surface area contributed by atoms with Crippen molar-refractivity contribution in [2.45, 2.75) is 39.7 Å². The number of rotatable bonds is 8. The Labute approximate surface area is 132 Å². The van der Waals surface area contributed by atoms with Crippen molar-refractivity contribution in [1.29, 1.82) is 0 Å². The summed E-state index contributed by atoms with van der Waals surface area (Å²) in [6.07, 6.45) is 1.95. The molecule has 0 aliphatic heterocycles. The van der Waals surface area contributed by atoms with E-state index in [-0.39, 0.29) is 17.7 Å². The van der Waals surface area contributed by atoms with Gasteiger partial charge in [-0.2, -0.15) is 0 Å². The van der Waals surface area contributed by atoms with Crippen molar-refractivity contribution >= 4 is 11.8 Å². The maximum atomic E-state index is 12.3. The Hall–Kier alpha value is -2.04. The van der Waals surface area contributed by atoms with Gasteiger partial charge in [0.15, 0.2) is 0 Å². The average Bonchev–Trinajstić information content (AvgIpc) is 2.52. The average molecular weight is 306 g/mol. The molecule has 1 aromatic rings. The number of hydrogen-bond donors (Lipinski definition) is 2. The normalized spacial score (nSPS) is 11.9. The Bertz CT molecular complexity index is 483. The number of benzene rings is 1. The van der Waals surface area contributed by atoms with Gasteiger partial charge in [0.1, 0.15) is 11.8 Å². The summed E-state index contributed by atoms with van der Waals surface area (Å²) >= 11 is 0. The van der Waals surface area contributed by atoms with Crippen LogP contribution in [-0.2, 0) is 4.79 Å². The fraction of sp³-hybridized carbons (Fsp3) is 0.529. The summed E-state index contributed by atoms with van der Waals surface area (Å²) in [6.45, 7) is 6.53. The number of carbonyl (C=O) groups is 2. The highest BCUT2D eigenvalue weighted by atomic mass is 16.5. The minimum Gasteiger partial charge on any atom is -0.497 e. The van der Waals surface area contributed by atoms with Gasteiger partial charge in [-0.05, 0) is 36.6 Å². The highest BCUT2D eigenvalue weighted by Gasteiger charge is 2.24. The van der Waals surface area contributed by atoms with E-state index in [1.165, 1.54) is 0 Å². The van der Waals surface area contributed by atoms with Crippen molar-refractivity contribution in [3.63, 3.8) is 0 Å². The van der Waals surface area contributed by atoms with E-state index in [1.807, 2.05) is 13.8 Å². The molecule has 5 heteroatoms. The Kier molecular flexibility index (Phi) is 7.43. The maximum absolute atomic E-state index is 12.3. The zero-order chi connectivity index (χ0) is 16.5. The van der Waals surface area contributed by atoms with Crippen molar-refractivity contribution in [3.8, 4) is 5.75 Å². The van der Waals surface area contributed by atoms with E-state index in [0.29, 0.717) is 17.9 Å². The minimum absolute atomic E-state index is 0.0174. The van der Waals surface area contributed by atoms with Crippen LogP contribution in [0.1, 0.15) is 44.0 Å². The Morgan fingerprint density at radius 2 is 1.82 bits per heavy atom. The van der Waals surface area contributed by atoms with Gasteiger partial charge in [0.2, 0.25) is 5.91 Å². The third kappa shape index (κ3) is 5.39. The zero-order valence-electron chi connectivity index (χ0n) is 13.8. The second-order valence-electron chi connectivity index (χ2n) is 5.57. The lowest BCUT2D eigenvalue weighted by Gasteiger charge is -2.21. The van der Waals surface area contributed by atoms with E-state index >= 15 is 0 Å². The second-order valence-corrected chi connectivity index (χ2v) is 5.57. The molecular weight excluding hydrogens is 280 g/mol. The molecule has 0 heterocycles. The highest BCUT2D eigenvalue weighted by Crippen LogP contribution is 2.12. The van der Waals surface area contributed by atoms with E-state index in [4.69, 9.17) is 4.74 Å². The molecule has 5 nitrogen and oxygen atoms in total. The van der Waals surface area contributed by atoms with Gasteiger partial charge in [-0.1, -0.05) is 27.2 Å². The lowest BCUT2D eigenvalue weighted by molar-refractivity contribution is -0.123. The molecule has 0 radical (unpaired) electrons. The predicted octanol–water partition coefficient (Wildman–Crippen LogP) is 2.37. The molecule has 0 aliphatic rings. The van der Waals surface area contributed by atoms with Crippen LogP contribution >= 0.6 is 0 Å². The second kappa shape index (κ2) is 9.07. The van der Waals surface area contributed by atoms with Gasteiger partial charge in [0, 0.05) is 12.1 Å². The van der Waals surface area contributed by atoms with Gasteiger partial charge in [0.25, 0.3) is 5.91 Å². The molecular formula is C17H26N2O3. The highest BCUT2D eigenvalue weighted by molar-refractivity contribution is 5.97. The maximum Gasteiger partial charge on any atom is 0.251 e. The molecule has 122 valence electrons. The van der Waals surface area contributed by atoms with Crippen LogP contribution in [-0.4, -0.2) is 31.5 Å². The first-order valence-electron chi connectivity index (χ1n) is 7.72. The van der Waals surface area contributed by atoms with Crippen LogP contribution in [0.4, 0.5) is 0 Å². The molecule has 0 saturated heterocycles. The van der Waals surface area contributed by atoms with Gasteiger partial charge in [0.05, 0.1) is 7.11 Å². The van der Waals surface area contributed by atoms with Crippen LogP contribution in [0.25, 0.3) is 0 Å². The number of methoxy groups -OCH3 is 1. The Morgan fingerprint density at radius 1 is 1.18 bits per heavy atom. The molecule has 1 aromatic carbocycles. The molecule has 0 aliphatic carbocycles. The fourth-order valence-electron chi connectivity index (χ4n) is 2.00. The van der Waals surface area contributed by atoms with Gasteiger partial charge in [-0.15, -0.1) is 0 Å². The van der Waals surface area contributed by atoms with Crippen LogP contribution in [0.5, 0.6) is 5.75 Å². The minimum atomic E-state index is -0.536. The molecule has 0 spiro atoms. The quantitative estimate of drug-likeness (QED) is 0.725.